The molecule has 0 saturated heterocycles. The smallest absolute Gasteiger partial charge is 0.332 e. The molecule has 6 heteroatoms. The maximum atomic E-state index is 11.6. The minimum Gasteiger partial charge on any atom is -0.506 e. The van der Waals surface area contributed by atoms with Crippen LogP contribution in [0.25, 0.3) is 0 Å². The summed E-state index contributed by atoms with van der Waals surface area (Å²) in [7, 11) is 0. The zero-order chi connectivity index (χ0) is 12.3. The first-order valence-corrected chi connectivity index (χ1v) is 5.47. The largest absolute Gasteiger partial charge is 0.506 e. The monoisotopic (exact) mass is 260 g/mol. The fraction of sp³-hybridized carbons (Fsp3) is 0.300. The van der Waals surface area contributed by atoms with Crippen LogP contribution in [0.3, 0.4) is 0 Å². The van der Waals surface area contributed by atoms with Gasteiger partial charge in [0.25, 0.3) is 0 Å². The first-order valence-electron chi connectivity index (χ1n) is 4.70. The highest BCUT2D eigenvalue weighted by Crippen LogP contribution is 2.31. The summed E-state index contributed by atoms with van der Waals surface area (Å²) in [5, 5.41) is 12.6. The molecular formula is C10H13ClN2O2S. The summed E-state index contributed by atoms with van der Waals surface area (Å²) in [5.41, 5.74) is 0.244. The van der Waals surface area contributed by atoms with Crippen molar-refractivity contribution >= 4 is 36.1 Å². The Kier molecular flexibility index (Phi) is 4.32. The second-order valence-electron chi connectivity index (χ2n) is 3.55. The molecule has 0 saturated carbocycles. The Bertz CT molecular complexity index is 398. The van der Waals surface area contributed by atoms with Crippen LogP contribution in [0.1, 0.15) is 13.8 Å². The number of phenols is 1. The van der Waals surface area contributed by atoms with Gasteiger partial charge in [0.15, 0.2) is 0 Å². The van der Waals surface area contributed by atoms with Crippen LogP contribution < -0.4 is 9.62 Å². The molecular weight excluding hydrogens is 248 g/mol. The summed E-state index contributed by atoms with van der Waals surface area (Å²) >= 11 is 9.78. The van der Waals surface area contributed by atoms with Crippen molar-refractivity contribution in [2.75, 3.05) is 4.31 Å². The molecule has 0 aliphatic carbocycles. The molecule has 0 aromatic heterocycles. The Hall–Kier alpha value is -1.07. The molecule has 1 aromatic rings. The third kappa shape index (κ3) is 3.21. The van der Waals surface area contributed by atoms with Gasteiger partial charge in [0.05, 0.1) is 0 Å². The number of nitrogens with zero attached hydrogens (tertiary/aromatic N) is 1. The van der Waals surface area contributed by atoms with Gasteiger partial charge >= 0.3 is 6.03 Å². The van der Waals surface area contributed by atoms with Crippen LogP contribution in [-0.2, 0) is 0 Å². The van der Waals surface area contributed by atoms with Gasteiger partial charge in [-0.2, -0.15) is 0 Å². The second-order valence-corrected chi connectivity index (χ2v) is 4.39. The van der Waals surface area contributed by atoms with Crippen molar-refractivity contribution in [2.45, 2.75) is 19.9 Å². The Labute approximate surface area is 105 Å². The molecule has 0 aliphatic rings. The summed E-state index contributed by atoms with van der Waals surface area (Å²) in [4.78, 5) is 11.6. The molecule has 4 nitrogen and oxygen atoms in total. The molecule has 2 amide bonds. The molecule has 0 spiro atoms. The molecule has 1 aromatic carbocycles. The molecule has 0 bridgehead atoms. The van der Waals surface area contributed by atoms with Crippen LogP contribution in [0.5, 0.6) is 5.75 Å². The average molecular weight is 261 g/mol. The van der Waals surface area contributed by atoms with Crippen molar-refractivity contribution < 1.29 is 9.90 Å². The Morgan fingerprint density at radius 3 is 2.75 bits per heavy atom. The molecule has 0 radical (unpaired) electrons. The highest BCUT2D eigenvalue weighted by atomic mass is 35.5. The highest BCUT2D eigenvalue weighted by Gasteiger charge is 2.16. The van der Waals surface area contributed by atoms with Crippen molar-refractivity contribution in [1.82, 2.24) is 5.32 Å². The lowest BCUT2D eigenvalue weighted by atomic mass is 10.3. The lowest BCUT2D eigenvalue weighted by Crippen LogP contribution is -2.38. The fourth-order valence-corrected chi connectivity index (χ4v) is 1.47. The van der Waals surface area contributed by atoms with Crippen LogP contribution in [0.15, 0.2) is 18.2 Å². The summed E-state index contributed by atoms with van der Waals surface area (Å²) < 4.78 is 1.02. The van der Waals surface area contributed by atoms with E-state index in [0.29, 0.717) is 5.02 Å². The molecule has 1 rings (SSSR count). The van der Waals surface area contributed by atoms with Crippen LogP contribution in [0, 0.1) is 0 Å². The van der Waals surface area contributed by atoms with Gasteiger partial charge in [-0.1, -0.05) is 24.4 Å². The number of phenolic OH excluding ortho intramolecular Hbond substituents is 1. The first-order chi connectivity index (χ1) is 7.41. The number of urea groups is 1. The van der Waals surface area contributed by atoms with Crippen molar-refractivity contribution in [2.24, 2.45) is 0 Å². The molecule has 88 valence electrons. The van der Waals surface area contributed by atoms with Crippen LogP contribution in [0.2, 0.25) is 5.02 Å². The summed E-state index contributed by atoms with van der Waals surface area (Å²) in [6, 6.07) is 3.97. The Morgan fingerprint density at radius 2 is 2.19 bits per heavy atom. The predicted octanol–water partition coefficient (Wildman–Crippen LogP) is 2.81. The van der Waals surface area contributed by atoms with Crippen molar-refractivity contribution in [3.8, 4) is 5.75 Å². The van der Waals surface area contributed by atoms with Gasteiger partial charge in [0.1, 0.15) is 11.4 Å². The normalized spacial score (nSPS) is 10.3. The maximum absolute atomic E-state index is 11.6. The predicted molar refractivity (Wildman–Crippen MR) is 68.2 cm³/mol. The van der Waals surface area contributed by atoms with Gasteiger partial charge in [0, 0.05) is 11.1 Å². The van der Waals surface area contributed by atoms with E-state index in [0.717, 1.165) is 4.31 Å². The van der Waals surface area contributed by atoms with Crippen LogP contribution in [0.4, 0.5) is 10.5 Å². The zero-order valence-corrected chi connectivity index (χ0v) is 10.6. The number of rotatable bonds is 2. The van der Waals surface area contributed by atoms with E-state index in [9.17, 15) is 9.90 Å². The number of carbonyl (C=O) groups excluding carboxylic acids is 1. The van der Waals surface area contributed by atoms with Crippen molar-refractivity contribution in [3.05, 3.63) is 23.2 Å². The Morgan fingerprint density at radius 1 is 1.56 bits per heavy atom. The van der Waals surface area contributed by atoms with Gasteiger partial charge in [-0.15, -0.1) is 0 Å². The number of benzene rings is 1. The summed E-state index contributed by atoms with van der Waals surface area (Å²) in [5.74, 6) is -0.0571. The molecule has 0 fully saturated rings. The number of hydrogen-bond acceptors (Lipinski definition) is 3. The average Bonchev–Trinajstić information content (AvgIpc) is 2.19. The second kappa shape index (κ2) is 5.32. The standard InChI is InChI=1S/C10H13ClN2O2S/c1-6(2)12-10(15)13(16)8-5-7(11)3-4-9(8)14/h3-6,14,16H,1-2H3,(H,12,15). The quantitative estimate of drug-likeness (QED) is 0.716. The number of hydrogen-bond donors (Lipinski definition) is 3. The summed E-state index contributed by atoms with van der Waals surface area (Å²) in [6.45, 7) is 3.66. The number of anilines is 1. The lowest BCUT2D eigenvalue weighted by Gasteiger charge is -2.19. The topological polar surface area (TPSA) is 52.6 Å². The minimum atomic E-state index is -0.420. The van der Waals surface area contributed by atoms with Gasteiger partial charge in [-0.05, 0) is 32.0 Å². The lowest BCUT2D eigenvalue weighted by molar-refractivity contribution is 0.247. The minimum absolute atomic E-state index is 0.0107. The number of halogens is 1. The number of carbonyl (C=O) groups is 1. The van der Waals surface area contributed by atoms with E-state index in [2.05, 4.69) is 18.1 Å². The third-order valence-electron chi connectivity index (χ3n) is 1.77. The SMILES string of the molecule is CC(C)NC(=O)N(S)c1cc(Cl)ccc1O. The number of nitrogens with one attached hydrogen (secondary N) is 1. The molecule has 16 heavy (non-hydrogen) atoms. The molecule has 0 unspecified atom stereocenters. The van der Waals surface area contributed by atoms with E-state index < -0.39 is 6.03 Å². The number of amides is 2. The van der Waals surface area contributed by atoms with E-state index in [1.54, 1.807) is 0 Å². The van der Waals surface area contributed by atoms with Crippen molar-refractivity contribution in [1.29, 1.82) is 0 Å². The van der Waals surface area contributed by atoms with Gasteiger partial charge in [0.2, 0.25) is 0 Å². The maximum Gasteiger partial charge on any atom is 0.332 e. The van der Waals surface area contributed by atoms with E-state index in [4.69, 9.17) is 11.6 Å². The fourth-order valence-electron chi connectivity index (χ4n) is 1.08. The molecule has 0 atom stereocenters. The number of aromatic hydroxyl groups is 1. The van der Waals surface area contributed by atoms with Gasteiger partial charge in [-0.3, -0.25) is 0 Å². The number of thiol groups is 1. The van der Waals surface area contributed by atoms with E-state index in [1.165, 1.54) is 18.2 Å². The van der Waals surface area contributed by atoms with E-state index in [1.807, 2.05) is 13.8 Å². The van der Waals surface area contributed by atoms with Gasteiger partial charge < -0.3 is 10.4 Å². The summed E-state index contributed by atoms with van der Waals surface area (Å²) in [6.07, 6.45) is 0. The van der Waals surface area contributed by atoms with Gasteiger partial charge in [-0.25, -0.2) is 9.10 Å². The van der Waals surface area contributed by atoms with E-state index in [-0.39, 0.29) is 17.5 Å². The Balaban J connectivity index is 2.91. The third-order valence-corrected chi connectivity index (χ3v) is 2.40. The van der Waals surface area contributed by atoms with Crippen LogP contribution >= 0.6 is 24.4 Å². The molecule has 0 aliphatic heterocycles. The molecule has 2 N–H and O–H groups in total. The van der Waals surface area contributed by atoms with E-state index >= 15 is 0 Å². The highest BCUT2D eigenvalue weighted by molar-refractivity contribution is 7.82. The first kappa shape index (κ1) is 13.0. The molecule has 0 heterocycles. The van der Waals surface area contributed by atoms with Crippen molar-refractivity contribution in [3.63, 3.8) is 0 Å². The van der Waals surface area contributed by atoms with Crippen LogP contribution in [-0.4, -0.2) is 17.2 Å². The zero-order valence-electron chi connectivity index (χ0n) is 8.94.